The fraction of sp³-hybridized carbons (Fsp3) is 0.278. The van der Waals surface area contributed by atoms with Crippen LogP contribution in [0.4, 0.5) is 5.69 Å². The molecule has 0 fully saturated rings. The van der Waals surface area contributed by atoms with Gasteiger partial charge in [0, 0.05) is 25.8 Å². The Bertz CT molecular complexity index is 806. The van der Waals surface area contributed by atoms with Gasteiger partial charge in [0.2, 0.25) is 0 Å². The summed E-state index contributed by atoms with van der Waals surface area (Å²) in [6.07, 6.45) is 0.749. The normalized spacial score (nSPS) is 13.5. The maximum Gasteiger partial charge on any atom is 0.254 e. The minimum atomic E-state index is 0.00397. The van der Waals surface area contributed by atoms with E-state index in [2.05, 4.69) is 5.43 Å². The third kappa shape index (κ3) is 3.88. The van der Waals surface area contributed by atoms with Crippen LogP contribution in [0.3, 0.4) is 0 Å². The molecule has 0 aliphatic carbocycles. The van der Waals surface area contributed by atoms with Crippen molar-refractivity contribution in [3.8, 4) is 11.5 Å². The molecule has 8 heteroatoms. The van der Waals surface area contributed by atoms with Crippen LogP contribution in [0.25, 0.3) is 0 Å². The molecule has 0 radical (unpaired) electrons. The number of methoxy groups -OCH3 is 1. The van der Waals surface area contributed by atoms with Crippen LogP contribution in [-0.4, -0.2) is 37.6 Å². The molecule has 138 valence electrons. The van der Waals surface area contributed by atoms with Gasteiger partial charge in [-0.15, -0.1) is 0 Å². The number of nitrogens with one attached hydrogen (secondary N) is 1. The van der Waals surface area contributed by atoms with Gasteiger partial charge in [-0.1, -0.05) is 23.2 Å². The monoisotopic (exact) mass is 395 g/mol. The molecule has 3 N–H and O–H groups in total. The van der Waals surface area contributed by atoms with Gasteiger partial charge in [0.1, 0.15) is 5.75 Å². The van der Waals surface area contributed by atoms with Crippen molar-refractivity contribution in [2.45, 2.75) is 6.42 Å². The van der Waals surface area contributed by atoms with Gasteiger partial charge in [-0.3, -0.25) is 10.6 Å². The molecule has 0 bridgehead atoms. The Hall–Kier alpha value is -1.99. The Morgan fingerprint density at radius 1 is 1.23 bits per heavy atom. The Morgan fingerprint density at radius 3 is 2.62 bits per heavy atom. The first-order valence-corrected chi connectivity index (χ1v) is 8.83. The Kier molecular flexibility index (Phi) is 5.88. The minimum Gasteiger partial charge on any atom is -0.454 e. The summed E-state index contributed by atoms with van der Waals surface area (Å²) in [5, 5.41) is 0.676. The molecule has 1 aliphatic heterocycles. The molecular formula is C18H19Cl2N3O3. The van der Waals surface area contributed by atoms with Gasteiger partial charge in [0.05, 0.1) is 22.3 Å². The number of hydrogen-bond acceptors (Lipinski definition) is 5. The van der Waals surface area contributed by atoms with E-state index in [1.165, 1.54) is 0 Å². The van der Waals surface area contributed by atoms with Crippen LogP contribution in [0.2, 0.25) is 10.0 Å². The molecule has 0 unspecified atom stereocenters. The highest BCUT2D eigenvalue weighted by Gasteiger charge is 2.24. The average molecular weight is 396 g/mol. The molecule has 26 heavy (non-hydrogen) atoms. The van der Waals surface area contributed by atoms with Crippen molar-refractivity contribution < 1.29 is 14.3 Å². The van der Waals surface area contributed by atoms with E-state index in [-0.39, 0.29) is 5.91 Å². The van der Waals surface area contributed by atoms with Crippen molar-refractivity contribution in [1.82, 2.24) is 4.90 Å². The molecule has 3 rings (SSSR count). The first-order chi connectivity index (χ1) is 12.5. The van der Waals surface area contributed by atoms with Crippen LogP contribution in [0.15, 0.2) is 30.3 Å². The fourth-order valence-corrected chi connectivity index (χ4v) is 3.41. The maximum atomic E-state index is 12.5. The molecule has 1 aliphatic rings. The number of ether oxygens (including phenoxy) is 2. The number of anilines is 1. The summed E-state index contributed by atoms with van der Waals surface area (Å²) in [5.41, 5.74) is 4.69. The highest BCUT2D eigenvalue weighted by atomic mass is 35.5. The Morgan fingerprint density at radius 2 is 1.96 bits per heavy atom. The zero-order valence-corrected chi connectivity index (χ0v) is 15.7. The zero-order chi connectivity index (χ0) is 18.7. The number of nitrogens with two attached hydrogens (primary N) is 1. The third-order valence-electron chi connectivity index (χ3n) is 4.20. The summed E-state index contributed by atoms with van der Waals surface area (Å²) < 4.78 is 10.9. The van der Waals surface area contributed by atoms with E-state index in [0.717, 1.165) is 12.0 Å². The zero-order valence-electron chi connectivity index (χ0n) is 14.2. The van der Waals surface area contributed by atoms with E-state index < -0.39 is 0 Å². The van der Waals surface area contributed by atoms with Gasteiger partial charge in [-0.2, -0.15) is 0 Å². The molecular weight excluding hydrogens is 377 g/mol. The predicted molar refractivity (Wildman–Crippen MR) is 102 cm³/mol. The summed E-state index contributed by atoms with van der Waals surface area (Å²) in [6.45, 7) is 1.75. The number of halogens is 2. The smallest absolute Gasteiger partial charge is 0.254 e. The number of fused-ring (bicyclic) bond motifs is 1. The molecule has 6 nitrogen and oxygen atoms in total. The summed E-state index contributed by atoms with van der Waals surface area (Å²) in [6, 6.07) is 8.60. The average Bonchev–Trinajstić information content (AvgIpc) is 2.64. The molecule has 2 aromatic rings. The number of carbonyl (C=O) groups is 1. The lowest BCUT2D eigenvalue weighted by molar-refractivity contribution is 0.0679. The van der Waals surface area contributed by atoms with Gasteiger partial charge in [-0.05, 0) is 42.3 Å². The molecule has 2 aromatic carbocycles. The van der Waals surface area contributed by atoms with Crippen LogP contribution in [0.1, 0.15) is 15.9 Å². The minimum absolute atomic E-state index is 0.00397. The number of hydrogen-bond donors (Lipinski definition) is 2. The van der Waals surface area contributed by atoms with E-state index in [9.17, 15) is 4.79 Å². The number of nitrogens with zero attached hydrogens (tertiary/aromatic N) is 1. The lowest BCUT2D eigenvalue weighted by Gasteiger charge is -2.28. The first-order valence-electron chi connectivity index (χ1n) is 8.08. The lowest BCUT2D eigenvalue weighted by Crippen LogP contribution is -2.39. The fourth-order valence-electron chi connectivity index (χ4n) is 2.85. The van der Waals surface area contributed by atoms with Crippen LogP contribution in [0, 0.1) is 0 Å². The second-order valence-electron chi connectivity index (χ2n) is 5.87. The summed E-state index contributed by atoms with van der Waals surface area (Å²) in [4.78, 5) is 14.3. The Labute approximate surface area is 161 Å². The second kappa shape index (κ2) is 8.14. The van der Waals surface area contributed by atoms with Crippen LogP contribution >= 0.6 is 23.2 Å². The molecule has 1 amide bonds. The number of hydrazine groups is 1. The van der Waals surface area contributed by atoms with Crippen LogP contribution < -0.4 is 16.0 Å². The van der Waals surface area contributed by atoms with Crippen molar-refractivity contribution in [3.05, 3.63) is 51.5 Å². The first kappa shape index (κ1) is 18.8. The number of rotatable bonds is 6. The van der Waals surface area contributed by atoms with E-state index in [4.69, 9.17) is 38.5 Å². The van der Waals surface area contributed by atoms with Crippen LogP contribution in [-0.2, 0) is 11.2 Å². The van der Waals surface area contributed by atoms with Gasteiger partial charge in [-0.25, -0.2) is 0 Å². The van der Waals surface area contributed by atoms with Gasteiger partial charge in [0.25, 0.3) is 5.91 Å². The van der Waals surface area contributed by atoms with Gasteiger partial charge < -0.3 is 19.8 Å². The van der Waals surface area contributed by atoms with E-state index >= 15 is 0 Å². The molecule has 0 saturated heterocycles. The number of nitrogen functional groups attached to an aromatic ring is 1. The summed E-state index contributed by atoms with van der Waals surface area (Å²) in [7, 11) is 1.62. The van der Waals surface area contributed by atoms with Gasteiger partial charge >= 0.3 is 0 Å². The van der Waals surface area contributed by atoms with Crippen molar-refractivity contribution in [3.63, 3.8) is 0 Å². The highest BCUT2D eigenvalue weighted by Crippen LogP contribution is 2.39. The standard InChI is InChI=1S/C18H19Cl2N3O3/c1-25-7-6-23-5-4-11-8-13(2-3-14(11)18(23)24)26-17-15(19)9-12(22-21)10-16(17)20/h2-3,8-10,22H,4-7,21H2,1H3. The lowest BCUT2D eigenvalue weighted by atomic mass is 9.98. The Balaban J connectivity index is 1.82. The number of amides is 1. The third-order valence-corrected chi connectivity index (χ3v) is 4.76. The highest BCUT2D eigenvalue weighted by molar-refractivity contribution is 6.37. The molecule has 1 heterocycles. The summed E-state index contributed by atoms with van der Waals surface area (Å²) >= 11 is 12.4. The van der Waals surface area contributed by atoms with Crippen molar-refractivity contribution in [2.24, 2.45) is 5.84 Å². The van der Waals surface area contributed by atoms with Gasteiger partial charge in [0.15, 0.2) is 5.75 Å². The quantitative estimate of drug-likeness (QED) is 0.575. The largest absolute Gasteiger partial charge is 0.454 e. The molecule has 0 spiro atoms. The molecule has 0 saturated carbocycles. The van der Waals surface area contributed by atoms with Crippen molar-refractivity contribution in [2.75, 3.05) is 32.2 Å². The topological polar surface area (TPSA) is 76.8 Å². The van der Waals surface area contributed by atoms with Crippen molar-refractivity contribution >= 4 is 34.8 Å². The number of benzene rings is 2. The van der Waals surface area contributed by atoms with E-state index in [1.54, 1.807) is 36.3 Å². The molecule has 0 atom stereocenters. The second-order valence-corrected chi connectivity index (χ2v) is 6.68. The van der Waals surface area contributed by atoms with Crippen molar-refractivity contribution in [1.29, 1.82) is 0 Å². The molecule has 0 aromatic heterocycles. The van der Waals surface area contributed by atoms with E-state index in [0.29, 0.717) is 52.5 Å². The van der Waals surface area contributed by atoms with E-state index in [1.807, 2.05) is 6.07 Å². The summed E-state index contributed by atoms with van der Waals surface area (Å²) in [5.74, 6) is 6.29. The van der Waals surface area contributed by atoms with Crippen LogP contribution in [0.5, 0.6) is 11.5 Å². The number of carbonyl (C=O) groups excluding carboxylic acids is 1. The maximum absolute atomic E-state index is 12.5. The SMILES string of the molecule is COCCN1CCc2cc(Oc3c(Cl)cc(NN)cc3Cl)ccc2C1=O. The predicted octanol–water partition coefficient (Wildman–Crippen LogP) is 3.72.